The van der Waals surface area contributed by atoms with Gasteiger partial charge in [-0.2, -0.15) is 0 Å². The second-order valence-electron chi connectivity index (χ2n) is 5.37. The Morgan fingerprint density at radius 3 is 2.64 bits per heavy atom. The number of carbonyl (C=O) groups is 3. The number of hydrogen-bond acceptors (Lipinski definition) is 5. The molecule has 0 aliphatic carbocycles. The summed E-state index contributed by atoms with van der Waals surface area (Å²) in [5.41, 5.74) is 6.12. The highest BCUT2D eigenvalue weighted by Gasteiger charge is 2.22. The van der Waals surface area contributed by atoms with E-state index in [9.17, 15) is 14.4 Å². The molecule has 25 heavy (non-hydrogen) atoms. The van der Waals surface area contributed by atoms with Crippen molar-refractivity contribution >= 4 is 17.8 Å². The Hall–Kier alpha value is -2.85. The first kappa shape index (κ1) is 18.5. The van der Waals surface area contributed by atoms with Crippen LogP contribution in [0.3, 0.4) is 0 Å². The van der Waals surface area contributed by atoms with Crippen LogP contribution in [0.2, 0.25) is 1.41 Å². The normalized spacial score (nSPS) is 13.2. The maximum atomic E-state index is 12.1. The molecule has 0 aliphatic heterocycles. The number of carbonyl (C=O) groups excluding carboxylic acids is 3. The zero-order valence-electron chi connectivity index (χ0n) is 15.1. The van der Waals surface area contributed by atoms with Crippen molar-refractivity contribution in [2.24, 2.45) is 5.73 Å². The summed E-state index contributed by atoms with van der Waals surface area (Å²) < 4.78 is 12.7. The van der Waals surface area contributed by atoms with E-state index in [1.807, 2.05) is 30.3 Å². The molecular formula is C18H23N3O4. The number of primary amides is 1. The molecule has 134 valence electrons. The van der Waals surface area contributed by atoms with E-state index < -0.39 is 29.9 Å². The first-order valence-electron chi connectivity index (χ1n) is 8.28. The Kier molecular flexibility index (Phi) is 8.01. The molecule has 0 fully saturated rings. The molecule has 1 aromatic carbocycles. The van der Waals surface area contributed by atoms with Crippen molar-refractivity contribution in [2.75, 3.05) is 6.54 Å². The third-order valence-electron chi connectivity index (χ3n) is 3.38. The maximum absolute atomic E-state index is 12.1. The highest BCUT2D eigenvalue weighted by Crippen LogP contribution is 2.04. The van der Waals surface area contributed by atoms with Crippen LogP contribution in [0, 0.1) is 12.3 Å². The lowest BCUT2D eigenvalue weighted by molar-refractivity contribution is -0.145. The lowest BCUT2D eigenvalue weighted by Crippen LogP contribution is -2.51. The van der Waals surface area contributed by atoms with E-state index in [4.69, 9.17) is 18.3 Å². The quantitative estimate of drug-likeness (QED) is 0.411. The van der Waals surface area contributed by atoms with E-state index in [1.165, 1.54) is 6.92 Å². The molecule has 1 aromatic rings. The van der Waals surface area contributed by atoms with Gasteiger partial charge >= 0.3 is 5.97 Å². The fourth-order valence-corrected chi connectivity index (χ4v) is 1.92. The van der Waals surface area contributed by atoms with Crippen LogP contribution in [-0.2, 0) is 25.7 Å². The number of hydrogen-bond donors (Lipinski definition) is 3. The van der Waals surface area contributed by atoms with Crippen LogP contribution < -0.4 is 16.4 Å². The molecule has 0 saturated heterocycles. The molecule has 4 N–H and O–H groups in total. The van der Waals surface area contributed by atoms with Crippen molar-refractivity contribution in [1.82, 2.24) is 10.6 Å². The van der Waals surface area contributed by atoms with Gasteiger partial charge in [-0.3, -0.25) is 19.7 Å². The fraction of sp³-hybridized carbons (Fsp3) is 0.389. The molecule has 0 unspecified atom stereocenters. The molecule has 0 aromatic heterocycles. The second-order valence-corrected chi connectivity index (χ2v) is 5.37. The van der Waals surface area contributed by atoms with Crippen LogP contribution in [-0.4, -0.2) is 36.4 Å². The summed E-state index contributed by atoms with van der Waals surface area (Å²) in [6, 6.07) is 7.27. The minimum absolute atomic E-state index is 0.00849. The van der Waals surface area contributed by atoms with Gasteiger partial charge in [-0.05, 0) is 18.9 Å². The van der Waals surface area contributed by atoms with Crippen molar-refractivity contribution in [3.8, 4) is 12.3 Å². The third kappa shape index (κ3) is 7.99. The molecule has 0 spiro atoms. The van der Waals surface area contributed by atoms with Crippen molar-refractivity contribution in [2.45, 2.75) is 38.5 Å². The van der Waals surface area contributed by atoms with Crippen molar-refractivity contribution in [1.29, 1.82) is 0 Å². The highest BCUT2D eigenvalue weighted by molar-refractivity contribution is 5.89. The van der Waals surface area contributed by atoms with Gasteiger partial charge in [0, 0.05) is 6.42 Å². The number of terminal acetylenes is 1. The predicted octanol–water partition coefficient (Wildman–Crippen LogP) is 0.0914. The molecular weight excluding hydrogens is 322 g/mol. The Labute approximate surface area is 148 Å². The number of rotatable bonds is 10. The van der Waals surface area contributed by atoms with Crippen molar-refractivity contribution in [3.63, 3.8) is 0 Å². The summed E-state index contributed by atoms with van der Waals surface area (Å²) in [5.74, 6) is 0.409. The van der Waals surface area contributed by atoms with Gasteiger partial charge in [-0.15, -0.1) is 6.42 Å². The van der Waals surface area contributed by atoms with Crippen molar-refractivity contribution < 1.29 is 20.5 Å². The number of nitrogens with one attached hydrogen (secondary N) is 2. The summed E-state index contributed by atoms with van der Waals surface area (Å²) in [6.07, 6.45) is 5.03. The zero-order chi connectivity index (χ0) is 19.5. The monoisotopic (exact) mass is 346 g/mol. The molecule has 1 rings (SSSR count). The van der Waals surface area contributed by atoms with Crippen LogP contribution in [0.4, 0.5) is 0 Å². The average molecular weight is 346 g/mol. The molecule has 0 radical (unpaired) electrons. The Morgan fingerprint density at radius 2 is 2.04 bits per heavy atom. The number of esters is 1. The summed E-state index contributed by atoms with van der Waals surface area (Å²) in [5, 5.41) is 3.34. The SMILES string of the molecule is [2H]N(CC#C)[C@@H](C)C(=O)N[C@@H](CCC(=O)OCc1ccccc1)C(N)=O. The average Bonchev–Trinajstić information content (AvgIpc) is 2.63. The number of benzene rings is 1. The Morgan fingerprint density at radius 1 is 1.36 bits per heavy atom. The summed E-state index contributed by atoms with van der Waals surface area (Å²) in [4.78, 5) is 35.4. The number of nitrogens with two attached hydrogens (primary N) is 1. The van der Waals surface area contributed by atoms with Crippen molar-refractivity contribution in [3.05, 3.63) is 35.9 Å². The van der Waals surface area contributed by atoms with E-state index in [1.54, 1.807) is 0 Å². The largest absolute Gasteiger partial charge is 0.461 e. The summed E-state index contributed by atoms with van der Waals surface area (Å²) in [7, 11) is 0. The van der Waals surface area contributed by atoms with Gasteiger partial charge in [-0.1, -0.05) is 36.3 Å². The van der Waals surface area contributed by atoms with Gasteiger partial charge in [0.15, 0.2) is 0 Å². The lowest BCUT2D eigenvalue weighted by atomic mass is 10.1. The molecule has 0 saturated carbocycles. The third-order valence-corrected chi connectivity index (χ3v) is 3.38. The molecule has 0 bridgehead atoms. The first-order chi connectivity index (χ1) is 12.3. The fourth-order valence-electron chi connectivity index (χ4n) is 1.92. The van der Waals surface area contributed by atoms with E-state index >= 15 is 0 Å². The molecule has 0 aliphatic rings. The van der Waals surface area contributed by atoms with Gasteiger partial charge < -0.3 is 15.8 Å². The number of amides is 2. The van der Waals surface area contributed by atoms with Crippen LogP contribution in [0.1, 0.15) is 25.3 Å². The minimum Gasteiger partial charge on any atom is -0.461 e. The van der Waals surface area contributed by atoms with Crippen LogP contribution in [0.15, 0.2) is 30.3 Å². The first-order valence-corrected chi connectivity index (χ1v) is 7.83. The Balaban J connectivity index is 2.47. The van der Waals surface area contributed by atoms with Crippen LogP contribution in [0.5, 0.6) is 0 Å². The zero-order valence-corrected chi connectivity index (χ0v) is 14.1. The van der Waals surface area contributed by atoms with Gasteiger partial charge in [0.25, 0.3) is 0 Å². The second kappa shape index (κ2) is 10.8. The number of ether oxygens (including phenoxy) is 1. The van der Waals surface area contributed by atoms with Crippen LogP contribution >= 0.6 is 0 Å². The van der Waals surface area contributed by atoms with E-state index in [0.717, 1.165) is 10.9 Å². The highest BCUT2D eigenvalue weighted by atomic mass is 16.5. The lowest BCUT2D eigenvalue weighted by Gasteiger charge is -2.18. The van der Waals surface area contributed by atoms with Gasteiger partial charge in [-0.25, -0.2) is 0 Å². The van der Waals surface area contributed by atoms with E-state index in [2.05, 4.69) is 11.2 Å². The van der Waals surface area contributed by atoms with Crippen LogP contribution in [0.25, 0.3) is 0 Å². The minimum atomic E-state index is -1.03. The molecule has 2 amide bonds. The summed E-state index contributed by atoms with van der Waals surface area (Å²) in [6.45, 7) is 1.57. The standard InChI is InChI=1S/C18H23N3O4/c1-3-11-20-13(2)18(24)21-15(17(19)23)9-10-16(22)25-12-14-7-5-4-6-8-14/h1,4-8,13,15,20H,9-12H2,2H3,(H2,19,23)(H,21,24)/t13-,15-/m0/s1/i/hD. The van der Waals surface area contributed by atoms with E-state index in [0.29, 0.717) is 0 Å². The predicted molar refractivity (Wildman–Crippen MR) is 92.9 cm³/mol. The topological polar surface area (TPSA) is 111 Å². The Bertz CT molecular complexity index is 660. The summed E-state index contributed by atoms with van der Waals surface area (Å²) >= 11 is 0. The maximum Gasteiger partial charge on any atom is 0.306 e. The van der Waals surface area contributed by atoms with Gasteiger partial charge in [0.2, 0.25) is 11.8 Å². The van der Waals surface area contributed by atoms with Gasteiger partial charge in [0.05, 0.1) is 12.6 Å². The molecule has 0 heterocycles. The molecule has 2 atom stereocenters. The molecule has 7 nitrogen and oxygen atoms in total. The van der Waals surface area contributed by atoms with E-state index in [-0.39, 0.29) is 26.0 Å². The van der Waals surface area contributed by atoms with Gasteiger partial charge in [0.1, 0.15) is 14.1 Å². The smallest absolute Gasteiger partial charge is 0.306 e. The molecule has 7 heteroatoms.